The number of anilines is 2. The Hall–Kier alpha value is -3.19. The molecule has 3 heterocycles. The number of rotatable bonds is 3. The van der Waals surface area contributed by atoms with Crippen LogP contribution in [0.4, 0.5) is 11.5 Å². The second kappa shape index (κ2) is 6.51. The summed E-state index contributed by atoms with van der Waals surface area (Å²) < 4.78 is 1.49. The third-order valence-corrected chi connectivity index (χ3v) is 4.81. The topological polar surface area (TPSA) is 94.1 Å². The Bertz CT molecular complexity index is 1050. The zero-order chi connectivity index (χ0) is 19.1. The fourth-order valence-corrected chi connectivity index (χ4v) is 3.57. The number of nitrogens with zero attached hydrogens (tertiary/aromatic N) is 4. The Kier molecular flexibility index (Phi) is 4.16. The summed E-state index contributed by atoms with van der Waals surface area (Å²) in [5, 5.41) is 4.88. The van der Waals surface area contributed by atoms with Crippen LogP contribution in [0, 0.1) is 6.92 Å². The molecule has 0 aliphatic carbocycles. The first-order valence-electron chi connectivity index (χ1n) is 8.36. The molecule has 0 saturated carbocycles. The first-order valence-corrected chi connectivity index (χ1v) is 8.74. The summed E-state index contributed by atoms with van der Waals surface area (Å²) in [6.07, 6.45) is 1.67. The van der Waals surface area contributed by atoms with Crippen molar-refractivity contribution in [2.75, 3.05) is 10.6 Å². The molecule has 1 aliphatic heterocycles. The molecule has 1 aromatic carbocycles. The highest BCUT2D eigenvalue weighted by Gasteiger charge is 2.43. The molecular weight excluding hydrogens is 366 g/mol. The van der Waals surface area contributed by atoms with E-state index in [2.05, 4.69) is 10.1 Å². The highest BCUT2D eigenvalue weighted by atomic mass is 35.5. The highest BCUT2D eigenvalue weighted by molar-refractivity contribution is 6.31. The number of aryl methyl sites for hydroxylation is 1. The van der Waals surface area contributed by atoms with E-state index in [4.69, 9.17) is 17.3 Å². The predicted molar refractivity (Wildman–Crippen MR) is 102 cm³/mol. The number of carbonyl (C=O) groups is 2. The molecule has 0 unspecified atom stereocenters. The first-order chi connectivity index (χ1) is 13.0. The number of halogens is 1. The van der Waals surface area contributed by atoms with Gasteiger partial charge >= 0.3 is 0 Å². The van der Waals surface area contributed by atoms with Gasteiger partial charge in [0.25, 0.3) is 0 Å². The Morgan fingerprint density at radius 1 is 1.19 bits per heavy atom. The maximum Gasteiger partial charge on any atom is 0.242 e. The third kappa shape index (κ3) is 2.86. The molecule has 8 heteroatoms. The summed E-state index contributed by atoms with van der Waals surface area (Å²) in [5.74, 6) is -0.457. The van der Waals surface area contributed by atoms with E-state index >= 15 is 0 Å². The van der Waals surface area contributed by atoms with E-state index < -0.39 is 5.92 Å². The van der Waals surface area contributed by atoms with Gasteiger partial charge in [0.1, 0.15) is 5.82 Å². The van der Waals surface area contributed by atoms with E-state index in [1.165, 1.54) is 4.68 Å². The van der Waals surface area contributed by atoms with Crippen molar-refractivity contribution in [1.82, 2.24) is 14.8 Å². The summed E-state index contributed by atoms with van der Waals surface area (Å²) in [7, 11) is 0. The van der Waals surface area contributed by atoms with Crippen molar-refractivity contribution in [3.63, 3.8) is 0 Å². The van der Waals surface area contributed by atoms with E-state index in [0.29, 0.717) is 33.6 Å². The van der Waals surface area contributed by atoms with Crippen LogP contribution in [0.2, 0.25) is 5.02 Å². The van der Waals surface area contributed by atoms with Gasteiger partial charge in [0.05, 0.1) is 17.3 Å². The summed E-state index contributed by atoms with van der Waals surface area (Å²) in [5.41, 5.74) is 7.89. The first kappa shape index (κ1) is 17.2. The molecule has 4 rings (SSSR count). The van der Waals surface area contributed by atoms with Crippen LogP contribution in [0.15, 0.2) is 48.7 Å². The molecule has 0 radical (unpaired) electrons. The molecule has 2 N–H and O–H groups in total. The maximum atomic E-state index is 13.0. The molecule has 1 aliphatic rings. The number of pyridine rings is 1. The van der Waals surface area contributed by atoms with Gasteiger partial charge in [0, 0.05) is 23.2 Å². The molecule has 1 fully saturated rings. The molecule has 7 nitrogen and oxygen atoms in total. The quantitative estimate of drug-likeness (QED) is 0.704. The molecule has 0 spiro atoms. The van der Waals surface area contributed by atoms with Crippen molar-refractivity contribution < 1.29 is 9.59 Å². The second-order valence-corrected chi connectivity index (χ2v) is 6.72. The van der Waals surface area contributed by atoms with Crippen molar-refractivity contribution in [3.8, 4) is 5.82 Å². The highest BCUT2D eigenvalue weighted by Crippen LogP contribution is 2.38. The molecule has 136 valence electrons. The minimum atomic E-state index is -0.686. The van der Waals surface area contributed by atoms with E-state index in [-0.39, 0.29) is 18.2 Å². The Labute approximate surface area is 160 Å². The zero-order valence-electron chi connectivity index (χ0n) is 14.5. The number of aromatic nitrogens is 3. The standard InChI is InChI=1S/C19H16ClN5O2/c1-11-17(18(21)25(23-11)15-7-2-3-8-22-15)14-10-16(26)24(19(14)27)13-6-4-5-12(20)9-13/h2-9,14H,10,21H2,1H3/t14-/m0/s1. The van der Waals surface area contributed by atoms with Gasteiger partial charge in [0.15, 0.2) is 5.82 Å². The molecule has 2 aromatic heterocycles. The van der Waals surface area contributed by atoms with Gasteiger partial charge in [-0.2, -0.15) is 9.78 Å². The summed E-state index contributed by atoms with van der Waals surface area (Å²) in [4.78, 5) is 31.0. The lowest BCUT2D eigenvalue weighted by molar-refractivity contribution is -0.121. The average molecular weight is 382 g/mol. The second-order valence-electron chi connectivity index (χ2n) is 6.29. The number of nitrogen functional groups attached to an aromatic ring is 1. The van der Waals surface area contributed by atoms with Gasteiger partial charge in [-0.3, -0.25) is 9.59 Å². The van der Waals surface area contributed by atoms with Crippen molar-refractivity contribution in [3.05, 3.63) is 64.9 Å². The van der Waals surface area contributed by atoms with Gasteiger partial charge in [-0.05, 0) is 37.3 Å². The summed E-state index contributed by atoms with van der Waals surface area (Å²) in [6, 6.07) is 12.0. The summed E-state index contributed by atoms with van der Waals surface area (Å²) >= 11 is 6.00. The normalized spacial score (nSPS) is 17.0. The summed E-state index contributed by atoms with van der Waals surface area (Å²) in [6.45, 7) is 1.77. The van der Waals surface area contributed by atoms with E-state index in [1.54, 1.807) is 49.5 Å². The molecule has 1 saturated heterocycles. The van der Waals surface area contributed by atoms with Crippen molar-refractivity contribution >= 4 is 34.9 Å². The molecular formula is C19H16ClN5O2. The Morgan fingerprint density at radius 2 is 2.00 bits per heavy atom. The number of amides is 2. The number of imide groups is 1. The lowest BCUT2D eigenvalue weighted by Gasteiger charge is -2.15. The SMILES string of the molecule is Cc1nn(-c2ccccn2)c(N)c1[C@@H]1CC(=O)N(c2cccc(Cl)c2)C1=O. The lowest BCUT2D eigenvalue weighted by Crippen LogP contribution is -2.30. The monoisotopic (exact) mass is 381 g/mol. The Morgan fingerprint density at radius 3 is 2.70 bits per heavy atom. The number of hydrogen-bond acceptors (Lipinski definition) is 5. The van der Waals surface area contributed by atoms with Gasteiger partial charge < -0.3 is 5.73 Å². The molecule has 3 aromatic rings. The molecule has 0 bridgehead atoms. The van der Waals surface area contributed by atoms with Gasteiger partial charge in [-0.25, -0.2) is 9.88 Å². The number of nitrogens with two attached hydrogens (primary N) is 1. The van der Waals surface area contributed by atoms with Gasteiger partial charge in [-0.15, -0.1) is 0 Å². The number of carbonyl (C=O) groups excluding carboxylic acids is 2. The number of hydrogen-bond donors (Lipinski definition) is 1. The van der Waals surface area contributed by atoms with Crippen LogP contribution < -0.4 is 10.6 Å². The van der Waals surface area contributed by atoms with Crippen LogP contribution in [-0.4, -0.2) is 26.6 Å². The Balaban J connectivity index is 1.74. The van der Waals surface area contributed by atoms with Crippen LogP contribution in [-0.2, 0) is 9.59 Å². The van der Waals surface area contributed by atoms with Crippen molar-refractivity contribution in [2.24, 2.45) is 0 Å². The molecule has 27 heavy (non-hydrogen) atoms. The van der Waals surface area contributed by atoms with Gasteiger partial charge in [0.2, 0.25) is 11.8 Å². The number of benzene rings is 1. The molecule has 2 amide bonds. The lowest BCUT2D eigenvalue weighted by atomic mass is 9.97. The van der Waals surface area contributed by atoms with Crippen LogP contribution in [0.5, 0.6) is 0 Å². The fraction of sp³-hybridized carbons (Fsp3) is 0.158. The minimum Gasteiger partial charge on any atom is -0.383 e. The zero-order valence-corrected chi connectivity index (χ0v) is 15.2. The molecule has 1 atom stereocenters. The largest absolute Gasteiger partial charge is 0.383 e. The van der Waals surface area contributed by atoms with Crippen LogP contribution in [0.25, 0.3) is 5.82 Å². The minimum absolute atomic E-state index is 0.0320. The fourth-order valence-electron chi connectivity index (χ4n) is 3.39. The smallest absolute Gasteiger partial charge is 0.242 e. The van der Waals surface area contributed by atoms with E-state index in [9.17, 15) is 9.59 Å². The van der Waals surface area contributed by atoms with Crippen molar-refractivity contribution in [1.29, 1.82) is 0 Å². The van der Waals surface area contributed by atoms with Gasteiger partial charge in [-0.1, -0.05) is 23.7 Å². The van der Waals surface area contributed by atoms with E-state index in [0.717, 1.165) is 4.90 Å². The maximum absolute atomic E-state index is 13.0. The van der Waals surface area contributed by atoms with Crippen LogP contribution in [0.3, 0.4) is 0 Å². The average Bonchev–Trinajstić information content (AvgIpc) is 3.10. The predicted octanol–water partition coefficient (Wildman–Crippen LogP) is 2.86. The van der Waals surface area contributed by atoms with E-state index in [1.807, 2.05) is 6.07 Å². The van der Waals surface area contributed by atoms with Crippen LogP contribution in [0.1, 0.15) is 23.6 Å². The third-order valence-electron chi connectivity index (χ3n) is 4.57. The van der Waals surface area contributed by atoms with Crippen molar-refractivity contribution in [2.45, 2.75) is 19.3 Å². The van der Waals surface area contributed by atoms with Crippen LogP contribution >= 0.6 is 11.6 Å².